The normalized spacial score (nSPS) is 11.0. The van der Waals surface area contributed by atoms with Crippen LogP contribution in [0.4, 0.5) is 0 Å². The maximum Gasteiger partial charge on any atom is 0.191 e. The highest BCUT2D eigenvalue weighted by atomic mass is 127. The monoisotopic (exact) mass is 461 g/mol. The lowest BCUT2D eigenvalue weighted by atomic mass is 10.1. The number of nitrogens with one attached hydrogen (secondary N) is 3. The molecule has 0 amide bonds. The molecule has 1 heterocycles. The number of aryl methyl sites for hydroxylation is 2. The molecule has 0 atom stereocenters. The Bertz CT molecular complexity index is 624. The van der Waals surface area contributed by atoms with Crippen LogP contribution in [0.3, 0.4) is 0 Å². The van der Waals surface area contributed by atoms with Crippen LogP contribution in [0, 0.1) is 6.92 Å². The number of H-pyrrole nitrogens is 1. The van der Waals surface area contributed by atoms with Gasteiger partial charge in [0, 0.05) is 23.8 Å². The lowest BCUT2D eigenvalue weighted by molar-refractivity contribution is 0.742. The fourth-order valence-electron chi connectivity index (χ4n) is 2.22. The topological polar surface area (TPSA) is 65.1 Å². The van der Waals surface area contributed by atoms with Gasteiger partial charge in [0.1, 0.15) is 0 Å². The van der Waals surface area contributed by atoms with E-state index in [4.69, 9.17) is 11.6 Å². The Labute approximate surface area is 165 Å². The smallest absolute Gasteiger partial charge is 0.191 e. The highest BCUT2D eigenvalue weighted by molar-refractivity contribution is 14.0. The zero-order valence-corrected chi connectivity index (χ0v) is 17.2. The maximum atomic E-state index is 5.89. The minimum atomic E-state index is 0. The van der Waals surface area contributed by atoms with Crippen molar-refractivity contribution in [2.45, 2.75) is 33.2 Å². The maximum absolute atomic E-state index is 5.89. The molecule has 0 fully saturated rings. The average Bonchev–Trinajstić information content (AvgIpc) is 2.96. The molecule has 0 unspecified atom stereocenters. The lowest BCUT2D eigenvalue weighted by Gasteiger charge is -2.11. The van der Waals surface area contributed by atoms with E-state index in [1.165, 1.54) is 5.56 Å². The van der Waals surface area contributed by atoms with Gasteiger partial charge < -0.3 is 10.6 Å². The largest absolute Gasteiger partial charge is 0.357 e. The van der Waals surface area contributed by atoms with Gasteiger partial charge in [-0.1, -0.05) is 23.7 Å². The Morgan fingerprint density at radius 1 is 1.25 bits per heavy atom. The van der Waals surface area contributed by atoms with E-state index in [9.17, 15) is 0 Å². The number of aliphatic imine (C=N–C) groups is 1. The van der Waals surface area contributed by atoms with E-state index < -0.39 is 0 Å². The minimum absolute atomic E-state index is 0. The summed E-state index contributed by atoms with van der Waals surface area (Å²) in [4.78, 5) is 4.60. The molecular formula is C17H25ClIN5. The molecule has 0 spiro atoms. The lowest BCUT2D eigenvalue weighted by Crippen LogP contribution is -2.37. The number of nitrogens with zero attached hydrogens (tertiary/aromatic N) is 2. The van der Waals surface area contributed by atoms with Crippen molar-refractivity contribution >= 4 is 41.5 Å². The highest BCUT2D eigenvalue weighted by Crippen LogP contribution is 2.10. The second kappa shape index (κ2) is 11.3. The van der Waals surface area contributed by atoms with Crippen molar-refractivity contribution < 1.29 is 0 Å². The van der Waals surface area contributed by atoms with Gasteiger partial charge in [-0.05, 0) is 49.9 Å². The van der Waals surface area contributed by atoms with E-state index in [0.29, 0.717) is 6.54 Å². The summed E-state index contributed by atoms with van der Waals surface area (Å²) in [5.41, 5.74) is 3.56. The fourth-order valence-corrected chi connectivity index (χ4v) is 2.34. The molecule has 0 aliphatic rings. The summed E-state index contributed by atoms with van der Waals surface area (Å²) in [7, 11) is 0. The van der Waals surface area contributed by atoms with E-state index in [1.54, 1.807) is 0 Å². The predicted molar refractivity (Wildman–Crippen MR) is 111 cm³/mol. The standard InChI is InChI=1S/C17H24ClN5.HI/c1-3-19-17(21-11-14-6-8-16(18)9-7-14)20-10-4-5-15-12-22-23-13(15)2;/h6-9,12H,3-5,10-11H2,1-2H3,(H,22,23)(H2,19,20,21);1H. The first kappa shape index (κ1) is 20.8. The summed E-state index contributed by atoms with van der Waals surface area (Å²) in [5.74, 6) is 0.839. The molecule has 24 heavy (non-hydrogen) atoms. The molecule has 0 bridgehead atoms. The number of halogens is 2. The van der Waals surface area contributed by atoms with Crippen molar-refractivity contribution in [1.82, 2.24) is 20.8 Å². The zero-order valence-electron chi connectivity index (χ0n) is 14.1. The molecule has 2 rings (SSSR count). The number of benzene rings is 1. The molecule has 1 aromatic heterocycles. The van der Waals surface area contributed by atoms with Gasteiger partial charge in [-0.3, -0.25) is 5.10 Å². The Morgan fingerprint density at radius 2 is 2.00 bits per heavy atom. The molecule has 0 aliphatic heterocycles. The molecule has 0 saturated carbocycles. The molecule has 132 valence electrons. The van der Waals surface area contributed by atoms with E-state index in [2.05, 4.69) is 32.7 Å². The number of aromatic nitrogens is 2. The quantitative estimate of drug-likeness (QED) is 0.255. The van der Waals surface area contributed by atoms with Crippen LogP contribution in [0.2, 0.25) is 5.02 Å². The molecular weight excluding hydrogens is 437 g/mol. The summed E-state index contributed by atoms with van der Waals surface area (Å²) >= 11 is 5.89. The Morgan fingerprint density at radius 3 is 2.62 bits per heavy atom. The third-order valence-electron chi connectivity index (χ3n) is 3.53. The average molecular weight is 462 g/mol. The van der Waals surface area contributed by atoms with Crippen LogP contribution in [0.15, 0.2) is 35.5 Å². The van der Waals surface area contributed by atoms with Crippen molar-refractivity contribution in [3.8, 4) is 0 Å². The molecule has 7 heteroatoms. The Hall–Kier alpha value is -1.28. The number of rotatable bonds is 7. The highest BCUT2D eigenvalue weighted by Gasteiger charge is 2.01. The second-order valence-corrected chi connectivity index (χ2v) is 5.81. The van der Waals surface area contributed by atoms with E-state index in [1.807, 2.05) is 37.4 Å². The van der Waals surface area contributed by atoms with Crippen LogP contribution < -0.4 is 10.6 Å². The van der Waals surface area contributed by atoms with Crippen LogP contribution in [0.5, 0.6) is 0 Å². The third kappa shape index (κ3) is 7.09. The molecule has 0 radical (unpaired) electrons. The first-order valence-corrected chi connectivity index (χ1v) is 8.32. The summed E-state index contributed by atoms with van der Waals surface area (Å²) in [5, 5.41) is 14.4. The van der Waals surface area contributed by atoms with Crippen LogP contribution >= 0.6 is 35.6 Å². The van der Waals surface area contributed by atoms with Crippen LogP contribution in [-0.2, 0) is 13.0 Å². The minimum Gasteiger partial charge on any atom is -0.357 e. The Kier molecular flexibility index (Phi) is 9.78. The summed E-state index contributed by atoms with van der Waals surface area (Å²) in [6.45, 7) is 6.46. The van der Waals surface area contributed by atoms with Gasteiger partial charge in [0.25, 0.3) is 0 Å². The van der Waals surface area contributed by atoms with Gasteiger partial charge >= 0.3 is 0 Å². The van der Waals surface area contributed by atoms with Crippen molar-refractivity contribution in [2.24, 2.45) is 4.99 Å². The number of hydrogen-bond donors (Lipinski definition) is 3. The number of guanidine groups is 1. The van der Waals surface area contributed by atoms with Gasteiger partial charge in [-0.2, -0.15) is 5.10 Å². The molecule has 0 saturated heterocycles. The Balaban J connectivity index is 0.00000288. The number of hydrogen-bond acceptors (Lipinski definition) is 2. The predicted octanol–water partition coefficient (Wildman–Crippen LogP) is 3.68. The van der Waals surface area contributed by atoms with Gasteiger partial charge in [-0.15, -0.1) is 24.0 Å². The molecule has 5 nitrogen and oxygen atoms in total. The molecule has 3 N–H and O–H groups in total. The van der Waals surface area contributed by atoms with Gasteiger partial charge in [0.15, 0.2) is 5.96 Å². The van der Waals surface area contributed by atoms with E-state index >= 15 is 0 Å². The third-order valence-corrected chi connectivity index (χ3v) is 3.78. The fraction of sp³-hybridized carbons (Fsp3) is 0.412. The van der Waals surface area contributed by atoms with Gasteiger partial charge in [0.2, 0.25) is 0 Å². The van der Waals surface area contributed by atoms with Crippen molar-refractivity contribution in [2.75, 3.05) is 13.1 Å². The van der Waals surface area contributed by atoms with Gasteiger partial charge in [0.05, 0.1) is 12.7 Å². The molecule has 0 aliphatic carbocycles. The van der Waals surface area contributed by atoms with Crippen LogP contribution in [0.1, 0.15) is 30.2 Å². The first-order valence-electron chi connectivity index (χ1n) is 7.94. The van der Waals surface area contributed by atoms with Crippen molar-refractivity contribution in [1.29, 1.82) is 0 Å². The second-order valence-electron chi connectivity index (χ2n) is 5.37. The number of aromatic amines is 1. The summed E-state index contributed by atoms with van der Waals surface area (Å²) in [6, 6.07) is 7.77. The summed E-state index contributed by atoms with van der Waals surface area (Å²) in [6.07, 6.45) is 3.94. The van der Waals surface area contributed by atoms with E-state index in [0.717, 1.165) is 48.2 Å². The molecule has 1 aromatic carbocycles. The van der Waals surface area contributed by atoms with Crippen molar-refractivity contribution in [3.63, 3.8) is 0 Å². The van der Waals surface area contributed by atoms with E-state index in [-0.39, 0.29) is 24.0 Å². The first-order chi connectivity index (χ1) is 11.2. The van der Waals surface area contributed by atoms with Crippen molar-refractivity contribution in [3.05, 3.63) is 52.3 Å². The van der Waals surface area contributed by atoms with Crippen LogP contribution in [-0.4, -0.2) is 29.2 Å². The summed E-state index contributed by atoms with van der Waals surface area (Å²) < 4.78 is 0. The molecule has 2 aromatic rings. The zero-order chi connectivity index (χ0) is 16.5. The van der Waals surface area contributed by atoms with Crippen LogP contribution in [0.25, 0.3) is 0 Å². The van der Waals surface area contributed by atoms with Gasteiger partial charge in [-0.25, -0.2) is 4.99 Å². The SMILES string of the molecule is CCNC(=NCc1ccc(Cl)cc1)NCCCc1cn[nH]c1C.I.